The molecule has 1 aromatic heterocycles. The summed E-state index contributed by atoms with van der Waals surface area (Å²) in [4.78, 5) is 37.4. The van der Waals surface area contributed by atoms with Gasteiger partial charge in [-0.25, -0.2) is 9.48 Å². The van der Waals surface area contributed by atoms with Crippen molar-refractivity contribution in [3.8, 4) is 0 Å². The van der Waals surface area contributed by atoms with E-state index in [1.807, 2.05) is 0 Å². The molecule has 9 heteroatoms. The highest BCUT2D eigenvalue weighted by Crippen LogP contribution is 2.36. The summed E-state index contributed by atoms with van der Waals surface area (Å²) in [6.45, 7) is 5.03. The molecule has 0 bridgehead atoms. The molecule has 24 heavy (non-hydrogen) atoms. The minimum atomic E-state index is -1.58. The largest absolute Gasteiger partial charge is 0.465 e. The molecule has 0 radical (unpaired) electrons. The van der Waals surface area contributed by atoms with Crippen LogP contribution in [0.4, 0.5) is 5.69 Å². The molecular weight excluding hydrogens is 316 g/mol. The maximum Gasteiger partial charge on any atom is 0.356 e. The van der Waals surface area contributed by atoms with Crippen molar-refractivity contribution < 1.29 is 19.1 Å². The number of hydrazone groups is 1. The van der Waals surface area contributed by atoms with E-state index in [0.717, 1.165) is 4.68 Å². The number of esters is 2. The Kier molecular flexibility index (Phi) is 4.72. The molecule has 2 rings (SSSR count). The second-order valence-electron chi connectivity index (χ2n) is 5.37. The highest BCUT2D eigenvalue weighted by Gasteiger charge is 2.51. The fourth-order valence-corrected chi connectivity index (χ4v) is 2.56. The van der Waals surface area contributed by atoms with E-state index in [9.17, 15) is 14.4 Å². The summed E-state index contributed by atoms with van der Waals surface area (Å²) in [5.41, 5.74) is -1.74. The zero-order valence-corrected chi connectivity index (χ0v) is 14.3. The van der Waals surface area contributed by atoms with E-state index in [4.69, 9.17) is 9.47 Å². The van der Waals surface area contributed by atoms with E-state index < -0.39 is 22.9 Å². The van der Waals surface area contributed by atoms with Crippen LogP contribution in [-0.2, 0) is 31.5 Å². The van der Waals surface area contributed by atoms with Crippen molar-refractivity contribution in [3.05, 3.63) is 22.1 Å². The third-order valence-corrected chi connectivity index (χ3v) is 3.85. The molecule has 0 amide bonds. The first-order valence-electron chi connectivity index (χ1n) is 7.52. The maximum atomic E-state index is 12.6. The van der Waals surface area contributed by atoms with Crippen molar-refractivity contribution in [2.24, 2.45) is 12.1 Å². The number of aryl methyl sites for hydroxylation is 1. The summed E-state index contributed by atoms with van der Waals surface area (Å²) >= 11 is 0. The normalized spacial score (nSPS) is 19.4. The number of anilines is 1. The lowest BCUT2D eigenvalue weighted by atomic mass is 9.77. The Morgan fingerprint density at radius 3 is 2.42 bits per heavy atom. The summed E-state index contributed by atoms with van der Waals surface area (Å²) in [5.74, 6) is -1.44. The lowest BCUT2D eigenvalue weighted by Crippen LogP contribution is -2.52. The smallest absolute Gasteiger partial charge is 0.356 e. The summed E-state index contributed by atoms with van der Waals surface area (Å²) in [7, 11) is 3.01. The molecule has 0 saturated carbocycles. The number of nitrogens with zero attached hydrogens (tertiary/aromatic N) is 4. The Hall–Kier alpha value is -2.71. The monoisotopic (exact) mass is 336 g/mol. The molecule has 0 aliphatic carbocycles. The van der Waals surface area contributed by atoms with E-state index in [1.54, 1.807) is 13.8 Å². The van der Waals surface area contributed by atoms with Gasteiger partial charge in [-0.05, 0) is 20.8 Å². The molecule has 130 valence electrons. The first-order valence-corrected chi connectivity index (χ1v) is 7.52. The van der Waals surface area contributed by atoms with Gasteiger partial charge in [0.05, 0.1) is 19.4 Å². The van der Waals surface area contributed by atoms with Crippen LogP contribution in [0.5, 0.6) is 0 Å². The molecule has 1 aromatic rings. The van der Waals surface area contributed by atoms with Crippen LogP contribution in [0.15, 0.2) is 16.1 Å². The lowest BCUT2D eigenvalue weighted by molar-refractivity contribution is -0.148. The van der Waals surface area contributed by atoms with Gasteiger partial charge in [0.1, 0.15) is 11.1 Å². The molecule has 2 heterocycles. The van der Waals surface area contributed by atoms with Gasteiger partial charge in [-0.3, -0.25) is 14.6 Å². The fourth-order valence-electron chi connectivity index (χ4n) is 2.56. The molecule has 0 saturated heterocycles. The molecule has 0 aromatic carbocycles. The Bertz CT molecular complexity index is 770. The molecule has 1 aliphatic heterocycles. The predicted octanol–water partition coefficient (Wildman–Crippen LogP) is -0.0300. The number of fused-ring (bicyclic) bond motifs is 1. The highest BCUT2D eigenvalue weighted by atomic mass is 16.5. The third kappa shape index (κ3) is 2.55. The zero-order valence-electron chi connectivity index (χ0n) is 14.3. The molecule has 0 fully saturated rings. The van der Waals surface area contributed by atoms with Crippen LogP contribution in [0.3, 0.4) is 0 Å². The van der Waals surface area contributed by atoms with Gasteiger partial charge in [0.25, 0.3) is 5.56 Å². The van der Waals surface area contributed by atoms with Crippen LogP contribution in [0.25, 0.3) is 0 Å². The number of carbonyl (C=O) groups excluding carboxylic acids is 2. The average Bonchev–Trinajstić information content (AvgIpc) is 2.53. The lowest BCUT2D eigenvalue weighted by Gasteiger charge is -2.35. The first-order chi connectivity index (χ1) is 11.3. The summed E-state index contributed by atoms with van der Waals surface area (Å²) < 4.78 is 11.3. The first kappa shape index (κ1) is 17.6. The fraction of sp³-hybridized carbons (Fsp3) is 0.533. The van der Waals surface area contributed by atoms with Crippen LogP contribution in [0.2, 0.25) is 0 Å². The van der Waals surface area contributed by atoms with Gasteiger partial charge in [0.2, 0.25) is 0 Å². The van der Waals surface area contributed by atoms with Crippen LogP contribution in [-0.4, -0.2) is 47.7 Å². The van der Waals surface area contributed by atoms with Gasteiger partial charge in [0, 0.05) is 19.7 Å². The van der Waals surface area contributed by atoms with Gasteiger partial charge in [-0.1, -0.05) is 0 Å². The van der Waals surface area contributed by atoms with Gasteiger partial charge in [0.15, 0.2) is 5.71 Å². The number of aromatic nitrogens is 2. The molecule has 1 atom stereocenters. The SMILES string of the molecule is CCOC(=O)C1=NN(C)c2c(cnn(C)c2=O)C1(C)C(=O)OCC. The number of hydrogen-bond donors (Lipinski definition) is 0. The molecule has 1 unspecified atom stereocenters. The number of rotatable bonds is 4. The van der Waals surface area contributed by atoms with Gasteiger partial charge >= 0.3 is 11.9 Å². The summed E-state index contributed by atoms with van der Waals surface area (Å²) in [5, 5.41) is 9.36. The average molecular weight is 336 g/mol. The number of ether oxygens (including phenoxy) is 2. The van der Waals surface area contributed by atoms with Crippen LogP contribution < -0.4 is 10.6 Å². The van der Waals surface area contributed by atoms with Crippen molar-refractivity contribution in [1.82, 2.24) is 9.78 Å². The Labute approximate surface area is 138 Å². The molecule has 1 aliphatic rings. The Morgan fingerprint density at radius 2 is 1.83 bits per heavy atom. The van der Waals surface area contributed by atoms with Crippen LogP contribution in [0, 0.1) is 0 Å². The molecule has 0 spiro atoms. The summed E-state index contributed by atoms with van der Waals surface area (Å²) in [6.07, 6.45) is 1.37. The quantitative estimate of drug-likeness (QED) is 0.711. The maximum absolute atomic E-state index is 12.6. The zero-order chi connectivity index (χ0) is 18.1. The predicted molar refractivity (Wildman–Crippen MR) is 85.9 cm³/mol. The number of hydrogen-bond acceptors (Lipinski definition) is 8. The van der Waals surface area contributed by atoms with Gasteiger partial charge in [-0.2, -0.15) is 10.2 Å². The van der Waals surface area contributed by atoms with Crippen molar-refractivity contribution in [2.45, 2.75) is 26.2 Å². The minimum absolute atomic E-state index is 0.119. The van der Waals surface area contributed by atoms with Crippen molar-refractivity contribution in [1.29, 1.82) is 0 Å². The van der Waals surface area contributed by atoms with E-state index in [1.165, 1.54) is 32.2 Å². The standard InChI is InChI=1S/C15H20N4O5/c1-6-23-13(21)11-15(3,14(22)24-7-2)9-8-16-19(5)12(20)10(9)18(4)17-11/h8H,6-7H2,1-5H3. The van der Waals surface area contributed by atoms with Crippen molar-refractivity contribution >= 4 is 23.3 Å². The van der Waals surface area contributed by atoms with Gasteiger partial charge < -0.3 is 9.47 Å². The van der Waals surface area contributed by atoms with E-state index in [2.05, 4.69) is 10.2 Å². The summed E-state index contributed by atoms with van der Waals surface area (Å²) in [6, 6.07) is 0. The third-order valence-electron chi connectivity index (χ3n) is 3.85. The topological polar surface area (TPSA) is 103 Å². The van der Waals surface area contributed by atoms with Crippen molar-refractivity contribution in [2.75, 3.05) is 25.3 Å². The second-order valence-corrected chi connectivity index (χ2v) is 5.37. The molecular formula is C15H20N4O5. The highest BCUT2D eigenvalue weighted by molar-refractivity contribution is 6.45. The van der Waals surface area contributed by atoms with E-state index in [-0.39, 0.29) is 30.2 Å². The van der Waals surface area contributed by atoms with E-state index >= 15 is 0 Å². The number of carbonyl (C=O) groups is 2. The molecule has 9 nitrogen and oxygen atoms in total. The van der Waals surface area contributed by atoms with E-state index in [0.29, 0.717) is 0 Å². The second kappa shape index (κ2) is 6.42. The Morgan fingerprint density at radius 1 is 1.21 bits per heavy atom. The van der Waals surface area contributed by atoms with Gasteiger partial charge in [-0.15, -0.1) is 0 Å². The molecule has 0 N–H and O–H groups in total. The van der Waals surface area contributed by atoms with Crippen LogP contribution in [0.1, 0.15) is 26.3 Å². The van der Waals surface area contributed by atoms with Crippen LogP contribution >= 0.6 is 0 Å². The Balaban J connectivity index is 2.75. The minimum Gasteiger partial charge on any atom is -0.465 e. The van der Waals surface area contributed by atoms with Crippen molar-refractivity contribution in [3.63, 3.8) is 0 Å².